The van der Waals surface area contributed by atoms with E-state index in [4.69, 9.17) is 17.3 Å². The summed E-state index contributed by atoms with van der Waals surface area (Å²) in [6.45, 7) is 0. The highest BCUT2D eigenvalue weighted by atomic mass is 35.5. The number of anilines is 2. The Morgan fingerprint density at radius 2 is 1.88 bits per heavy atom. The van der Waals surface area contributed by atoms with E-state index in [2.05, 4.69) is 5.32 Å². The highest BCUT2D eigenvalue weighted by molar-refractivity contribution is 7.20. The zero-order chi connectivity index (χ0) is 11.5. The number of hydrogen-bond donors (Lipinski definition) is 2. The van der Waals surface area contributed by atoms with Crippen molar-refractivity contribution >= 4 is 39.5 Å². The summed E-state index contributed by atoms with van der Waals surface area (Å²) in [7, 11) is 0. The minimum Gasteiger partial charge on any atom is -0.399 e. The van der Waals surface area contributed by atoms with Gasteiger partial charge in [0.1, 0.15) is 0 Å². The van der Waals surface area contributed by atoms with Crippen LogP contribution in [0.4, 0.5) is 10.7 Å². The van der Waals surface area contributed by atoms with Crippen LogP contribution in [0.2, 0.25) is 4.34 Å². The summed E-state index contributed by atoms with van der Waals surface area (Å²) in [4.78, 5) is 11.7. The molecule has 0 fully saturated rings. The summed E-state index contributed by atoms with van der Waals surface area (Å²) in [6.07, 6.45) is 0. The molecule has 1 heterocycles. The molecule has 0 unspecified atom stereocenters. The number of thiophene rings is 1. The third-order valence-electron chi connectivity index (χ3n) is 1.98. The average Bonchev–Trinajstić information content (AvgIpc) is 2.65. The van der Waals surface area contributed by atoms with Crippen LogP contribution in [0.15, 0.2) is 36.4 Å². The maximum absolute atomic E-state index is 11.7. The molecule has 0 radical (unpaired) electrons. The van der Waals surface area contributed by atoms with Crippen molar-refractivity contribution in [2.24, 2.45) is 0 Å². The average molecular weight is 253 g/mol. The van der Waals surface area contributed by atoms with Crippen molar-refractivity contribution in [2.45, 2.75) is 0 Å². The number of rotatable bonds is 2. The van der Waals surface area contributed by atoms with Gasteiger partial charge in [-0.3, -0.25) is 4.79 Å². The first-order valence-corrected chi connectivity index (χ1v) is 5.77. The molecule has 3 N–H and O–H groups in total. The second-order valence-electron chi connectivity index (χ2n) is 3.18. The smallest absolute Gasteiger partial charge is 0.256 e. The number of benzene rings is 1. The number of hydrogen-bond acceptors (Lipinski definition) is 3. The van der Waals surface area contributed by atoms with Gasteiger partial charge in [-0.1, -0.05) is 11.6 Å². The van der Waals surface area contributed by atoms with Gasteiger partial charge in [0.05, 0.1) is 9.34 Å². The molecule has 0 aliphatic carbocycles. The van der Waals surface area contributed by atoms with Crippen LogP contribution >= 0.6 is 22.9 Å². The molecule has 0 atom stereocenters. The SMILES string of the molecule is Nc1ccc(C(=O)Nc2ccc(Cl)s2)cc1. The van der Waals surface area contributed by atoms with Gasteiger partial charge in [0.15, 0.2) is 0 Å². The molecule has 0 aliphatic rings. The Kier molecular flexibility index (Phi) is 3.12. The minimum atomic E-state index is -0.168. The van der Waals surface area contributed by atoms with Crippen LogP contribution in [-0.4, -0.2) is 5.91 Å². The fourth-order valence-electron chi connectivity index (χ4n) is 1.20. The van der Waals surface area contributed by atoms with Gasteiger partial charge < -0.3 is 11.1 Å². The van der Waals surface area contributed by atoms with Crippen LogP contribution in [0.3, 0.4) is 0 Å². The lowest BCUT2D eigenvalue weighted by atomic mass is 10.2. The molecule has 0 saturated carbocycles. The molecular weight excluding hydrogens is 244 g/mol. The minimum absolute atomic E-state index is 0.168. The Morgan fingerprint density at radius 1 is 1.19 bits per heavy atom. The second kappa shape index (κ2) is 4.55. The van der Waals surface area contributed by atoms with E-state index < -0.39 is 0 Å². The first-order valence-electron chi connectivity index (χ1n) is 4.57. The summed E-state index contributed by atoms with van der Waals surface area (Å²) in [5.74, 6) is -0.168. The van der Waals surface area contributed by atoms with Crippen molar-refractivity contribution < 1.29 is 4.79 Å². The number of nitrogens with one attached hydrogen (secondary N) is 1. The molecule has 2 aromatic rings. The van der Waals surface area contributed by atoms with Crippen LogP contribution in [0, 0.1) is 0 Å². The fraction of sp³-hybridized carbons (Fsp3) is 0. The van der Waals surface area contributed by atoms with Gasteiger partial charge in [0.25, 0.3) is 5.91 Å². The summed E-state index contributed by atoms with van der Waals surface area (Å²) in [5, 5.41) is 3.48. The zero-order valence-corrected chi connectivity index (χ0v) is 9.81. The number of halogens is 1. The molecule has 0 aliphatic heterocycles. The van der Waals surface area contributed by atoms with Gasteiger partial charge in [-0.25, -0.2) is 0 Å². The molecule has 0 spiro atoms. The van der Waals surface area contributed by atoms with E-state index in [0.717, 1.165) is 5.00 Å². The molecule has 0 bridgehead atoms. The normalized spacial score (nSPS) is 10.1. The third-order valence-corrected chi connectivity index (χ3v) is 3.13. The van der Waals surface area contributed by atoms with Gasteiger partial charge in [-0.15, -0.1) is 11.3 Å². The van der Waals surface area contributed by atoms with Crippen LogP contribution in [0.1, 0.15) is 10.4 Å². The zero-order valence-electron chi connectivity index (χ0n) is 8.24. The van der Waals surface area contributed by atoms with Gasteiger partial charge in [-0.05, 0) is 36.4 Å². The van der Waals surface area contributed by atoms with Gasteiger partial charge in [0.2, 0.25) is 0 Å². The number of carbonyl (C=O) groups excluding carboxylic acids is 1. The molecule has 1 aromatic carbocycles. The molecule has 3 nitrogen and oxygen atoms in total. The maximum atomic E-state index is 11.7. The largest absolute Gasteiger partial charge is 0.399 e. The lowest BCUT2D eigenvalue weighted by molar-refractivity contribution is 0.102. The van der Waals surface area contributed by atoms with Crippen molar-refractivity contribution in [3.63, 3.8) is 0 Å². The lowest BCUT2D eigenvalue weighted by Gasteiger charge is -2.02. The van der Waals surface area contributed by atoms with Gasteiger partial charge in [-0.2, -0.15) is 0 Å². The Labute approximate surface area is 102 Å². The lowest BCUT2D eigenvalue weighted by Crippen LogP contribution is -2.10. The first kappa shape index (κ1) is 11.0. The van der Waals surface area contributed by atoms with Crippen LogP contribution in [-0.2, 0) is 0 Å². The van der Waals surface area contributed by atoms with Crippen molar-refractivity contribution in [1.29, 1.82) is 0 Å². The van der Waals surface area contributed by atoms with Crippen molar-refractivity contribution in [3.05, 3.63) is 46.3 Å². The molecule has 0 saturated heterocycles. The Balaban J connectivity index is 2.11. The van der Waals surface area contributed by atoms with Crippen molar-refractivity contribution in [2.75, 3.05) is 11.1 Å². The van der Waals surface area contributed by atoms with Gasteiger partial charge in [0, 0.05) is 11.3 Å². The summed E-state index contributed by atoms with van der Waals surface area (Å²) in [6, 6.07) is 10.2. The molecule has 5 heteroatoms. The van der Waals surface area contributed by atoms with E-state index >= 15 is 0 Å². The molecule has 2 rings (SSSR count). The van der Waals surface area contributed by atoms with E-state index in [1.165, 1.54) is 11.3 Å². The highest BCUT2D eigenvalue weighted by Crippen LogP contribution is 2.26. The predicted octanol–water partition coefficient (Wildman–Crippen LogP) is 3.24. The van der Waals surface area contributed by atoms with E-state index in [-0.39, 0.29) is 5.91 Å². The number of nitrogens with two attached hydrogens (primary N) is 1. The van der Waals surface area contributed by atoms with Crippen molar-refractivity contribution in [1.82, 2.24) is 0 Å². The van der Waals surface area contributed by atoms with E-state index in [1.54, 1.807) is 36.4 Å². The molecule has 1 amide bonds. The van der Waals surface area contributed by atoms with Crippen LogP contribution < -0.4 is 11.1 Å². The quantitative estimate of drug-likeness (QED) is 0.807. The molecule has 16 heavy (non-hydrogen) atoms. The van der Waals surface area contributed by atoms with E-state index in [1.807, 2.05) is 0 Å². The second-order valence-corrected chi connectivity index (χ2v) is 4.89. The topological polar surface area (TPSA) is 55.1 Å². The van der Waals surface area contributed by atoms with E-state index in [0.29, 0.717) is 15.6 Å². The van der Waals surface area contributed by atoms with Crippen LogP contribution in [0.25, 0.3) is 0 Å². The number of carbonyl (C=O) groups is 1. The molecular formula is C11H9ClN2OS. The van der Waals surface area contributed by atoms with E-state index in [9.17, 15) is 4.79 Å². The van der Waals surface area contributed by atoms with Crippen molar-refractivity contribution in [3.8, 4) is 0 Å². The van der Waals surface area contributed by atoms with Crippen LogP contribution in [0.5, 0.6) is 0 Å². The Hall–Kier alpha value is -1.52. The number of amides is 1. The Bertz CT molecular complexity index is 507. The monoisotopic (exact) mass is 252 g/mol. The first-order chi connectivity index (χ1) is 7.65. The highest BCUT2D eigenvalue weighted by Gasteiger charge is 2.06. The number of nitrogen functional groups attached to an aromatic ring is 1. The molecule has 1 aromatic heterocycles. The summed E-state index contributed by atoms with van der Waals surface area (Å²) >= 11 is 7.08. The summed E-state index contributed by atoms with van der Waals surface area (Å²) in [5.41, 5.74) is 6.74. The standard InChI is InChI=1S/C11H9ClN2OS/c12-9-5-6-10(16-9)14-11(15)7-1-3-8(13)4-2-7/h1-6H,13H2,(H,14,15). The maximum Gasteiger partial charge on any atom is 0.256 e. The Morgan fingerprint density at radius 3 is 2.44 bits per heavy atom. The third kappa shape index (κ3) is 2.53. The summed E-state index contributed by atoms with van der Waals surface area (Å²) < 4.78 is 0.646. The van der Waals surface area contributed by atoms with Gasteiger partial charge >= 0.3 is 0 Å². The fourth-order valence-corrected chi connectivity index (χ4v) is 2.14. The molecule has 82 valence electrons. The predicted molar refractivity (Wildman–Crippen MR) is 68.1 cm³/mol.